The minimum absolute atomic E-state index is 0.0217. The van der Waals surface area contributed by atoms with Gasteiger partial charge in [-0.25, -0.2) is 0 Å². The molecule has 0 unspecified atom stereocenters. The molecule has 2 heterocycles. The van der Waals surface area contributed by atoms with Crippen molar-refractivity contribution in [2.24, 2.45) is 0 Å². The van der Waals surface area contributed by atoms with E-state index in [4.69, 9.17) is 39.2 Å². The minimum Gasteiger partial charge on any atom is -0.462 e. The van der Waals surface area contributed by atoms with Crippen molar-refractivity contribution in [1.82, 2.24) is 4.90 Å². The van der Waals surface area contributed by atoms with E-state index in [0.29, 0.717) is 22.5 Å². The van der Waals surface area contributed by atoms with Crippen LogP contribution < -0.4 is 10.7 Å². The molecule has 1 aromatic heterocycles. The predicted octanol–water partition coefficient (Wildman–Crippen LogP) is 5.74. The normalized spacial score (nSPS) is 15.0. The van der Waals surface area contributed by atoms with E-state index in [2.05, 4.69) is 5.32 Å². The molecule has 1 N–H and O–H groups in total. The van der Waals surface area contributed by atoms with Gasteiger partial charge in [-0.15, -0.1) is 0 Å². The molecule has 0 spiro atoms. The molecule has 2 aromatic carbocycles. The maximum Gasteiger partial charge on any atom is 0.294 e. The average Bonchev–Trinajstić information content (AvgIpc) is 3.00. The predicted molar refractivity (Wildman–Crippen MR) is 130 cm³/mol. The number of carbonyl (C=O) groups is 3. The number of fused-ring (bicyclic) bond motifs is 1. The lowest BCUT2D eigenvalue weighted by Crippen LogP contribution is -2.36. The van der Waals surface area contributed by atoms with E-state index in [0.717, 1.165) is 16.7 Å². The van der Waals surface area contributed by atoms with Crippen LogP contribution in [0.15, 0.2) is 50.7 Å². The van der Waals surface area contributed by atoms with Gasteiger partial charge in [-0.05, 0) is 54.6 Å². The number of anilines is 1. The van der Waals surface area contributed by atoms with E-state index in [1.165, 1.54) is 18.2 Å². The lowest BCUT2D eigenvalue weighted by atomic mass is 10.1. The fourth-order valence-electron chi connectivity index (χ4n) is 3.12. The number of rotatable bonds is 4. The zero-order valence-corrected chi connectivity index (χ0v) is 19.9. The van der Waals surface area contributed by atoms with E-state index in [1.807, 2.05) is 0 Å². The number of nitrogens with zero attached hydrogens (tertiary/aromatic N) is 1. The van der Waals surface area contributed by atoms with Crippen molar-refractivity contribution in [1.29, 1.82) is 0 Å². The Morgan fingerprint density at radius 1 is 1.12 bits per heavy atom. The Labute approximate surface area is 206 Å². The summed E-state index contributed by atoms with van der Waals surface area (Å²) in [5, 5.41) is 2.98. The van der Waals surface area contributed by atoms with Crippen LogP contribution in [0.3, 0.4) is 0 Å². The summed E-state index contributed by atoms with van der Waals surface area (Å²) in [5.41, 5.74) is 0.961. The second kappa shape index (κ2) is 9.23. The molecule has 3 aromatic rings. The van der Waals surface area contributed by atoms with E-state index in [9.17, 15) is 19.2 Å². The molecule has 1 fully saturated rings. The number of carbonyl (C=O) groups excluding carboxylic acids is 3. The van der Waals surface area contributed by atoms with Gasteiger partial charge in [-0.1, -0.05) is 40.9 Å². The summed E-state index contributed by atoms with van der Waals surface area (Å²) in [6, 6.07) is 7.82. The SMILES string of the molecule is Cc1ccc(Cl)cc1NC(=O)CN1C(=O)S/C(=C\c2coc3c(Cl)cc(Cl)cc3c2=O)C1=O. The molecule has 1 aliphatic heterocycles. The third kappa shape index (κ3) is 4.79. The van der Waals surface area contributed by atoms with Crippen molar-refractivity contribution >= 4 is 86.4 Å². The maximum absolute atomic E-state index is 12.8. The molecule has 0 atom stereocenters. The van der Waals surface area contributed by atoms with Gasteiger partial charge < -0.3 is 9.73 Å². The van der Waals surface area contributed by atoms with Crippen LogP contribution in [0.1, 0.15) is 11.1 Å². The van der Waals surface area contributed by atoms with E-state index >= 15 is 0 Å². The Balaban J connectivity index is 1.57. The molecule has 0 saturated carbocycles. The quantitative estimate of drug-likeness (QED) is 0.438. The highest BCUT2D eigenvalue weighted by Gasteiger charge is 2.36. The molecule has 0 aliphatic carbocycles. The lowest BCUT2D eigenvalue weighted by molar-refractivity contribution is -0.127. The second-order valence-corrected chi connectivity index (χ2v) is 9.33. The van der Waals surface area contributed by atoms with E-state index in [1.54, 1.807) is 25.1 Å². The number of hydrogen-bond donors (Lipinski definition) is 1. The molecule has 1 aliphatic rings. The zero-order chi connectivity index (χ0) is 23.9. The van der Waals surface area contributed by atoms with Crippen molar-refractivity contribution in [3.8, 4) is 0 Å². The Morgan fingerprint density at radius 2 is 1.88 bits per heavy atom. The fourth-order valence-corrected chi connectivity index (χ4v) is 4.66. The molecular weight excluding hydrogens is 511 g/mol. The summed E-state index contributed by atoms with van der Waals surface area (Å²) in [6.07, 6.45) is 2.39. The van der Waals surface area contributed by atoms with E-state index in [-0.39, 0.29) is 31.5 Å². The first-order chi connectivity index (χ1) is 15.6. The van der Waals surface area contributed by atoms with Crippen molar-refractivity contribution in [2.75, 3.05) is 11.9 Å². The number of thioether (sulfide) groups is 1. The zero-order valence-electron chi connectivity index (χ0n) is 16.8. The van der Waals surface area contributed by atoms with Gasteiger partial charge in [0.25, 0.3) is 11.1 Å². The second-order valence-electron chi connectivity index (χ2n) is 7.06. The van der Waals surface area contributed by atoms with Gasteiger partial charge in [0.15, 0.2) is 11.0 Å². The van der Waals surface area contributed by atoms with Crippen molar-refractivity contribution in [3.05, 3.63) is 77.9 Å². The molecule has 7 nitrogen and oxygen atoms in total. The van der Waals surface area contributed by atoms with Crippen LogP contribution in [0.25, 0.3) is 17.0 Å². The number of imide groups is 1. The van der Waals surface area contributed by atoms with Gasteiger partial charge >= 0.3 is 0 Å². The number of hydrogen-bond acceptors (Lipinski definition) is 6. The monoisotopic (exact) mass is 522 g/mol. The molecule has 0 bridgehead atoms. The number of amides is 3. The molecule has 33 heavy (non-hydrogen) atoms. The van der Waals surface area contributed by atoms with Crippen LogP contribution >= 0.6 is 46.6 Å². The summed E-state index contributed by atoms with van der Waals surface area (Å²) < 4.78 is 5.43. The first kappa shape index (κ1) is 23.4. The summed E-state index contributed by atoms with van der Waals surface area (Å²) >= 11 is 18.6. The highest BCUT2D eigenvalue weighted by Crippen LogP contribution is 2.33. The first-order valence-electron chi connectivity index (χ1n) is 9.36. The van der Waals surface area contributed by atoms with E-state index < -0.39 is 29.0 Å². The standard InChI is InChI=1S/C22H13Cl3N2O5S/c1-10-2-3-12(23)7-16(10)26-18(28)8-27-21(30)17(33-22(27)31)4-11-9-32-20-14(19(11)29)5-13(24)6-15(20)25/h2-7,9H,8H2,1H3,(H,26,28)/b17-4-. The summed E-state index contributed by atoms with van der Waals surface area (Å²) in [4.78, 5) is 51.1. The van der Waals surface area contributed by atoms with Crippen molar-refractivity contribution < 1.29 is 18.8 Å². The van der Waals surface area contributed by atoms with Crippen LogP contribution in [0.2, 0.25) is 15.1 Å². The molecule has 1 saturated heterocycles. The first-order valence-corrected chi connectivity index (χ1v) is 11.3. The molecule has 4 rings (SSSR count). The number of halogens is 3. The van der Waals surface area contributed by atoms with Crippen molar-refractivity contribution in [3.63, 3.8) is 0 Å². The smallest absolute Gasteiger partial charge is 0.294 e. The van der Waals surface area contributed by atoms with Crippen LogP contribution in [-0.4, -0.2) is 28.5 Å². The fraction of sp³-hybridized carbons (Fsp3) is 0.0909. The third-order valence-corrected chi connectivity index (χ3v) is 6.40. The summed E-state index contributed by atoms with van der Waals surface area (Å²) in [7, 11) is 0. The van der Waals surface area contributed by atoms with Gasteiger partial charge in [0.05, 0.1) is 20.9 Å². The highest BCUT2D eigenvalue weighted by molar-refractivity contribution is 8.18. The Morgan fingerprint density at radius 3 is 2.64 bits per heavy atom. The molecule has 11 heteroatoms. The number of aryl methyl sites for hydroxylation is 1. The minimum atomic E-state index is -0.702. The number of nitrogens with one attached hydrogen (secondary N) is 1. The van der Waals surface area contributed by atoms with Gasteiger partial charge in [0.1, 0.15) is 12.8 Å². The van der Waals surface area contributed by atoms with Crippen LogP contribution in [-0.2, 0) is 9.59 Å². The Bertz CT molecular complexity index is 1430. The average molecular weight is 524 g/mol. The van der Waals surface area contributed by atoms with Gasteiger partial charge in [-0.2, -0.15) is 0 Å². The summed E-state index contributed by atoms with van der Waals surface area (Å²) in [5.74, 6) is -1.27. The van der Waals surface area contributed by atoms with Gasteiger partial charge in [0, 0.05) is 15.7 Å². The van der Waals surface area contributed by atoms with Gasteiger partial charge in [0.2, 0.25) is 5.91 Å². The molecule has 168 valence electrons. The van der Waals surface area contributed by atoms with Crippen LogP contribution in [0, 0.1) is 6.92 Å². The van der Waals surface area contributed by atoms with Gasteiger partial charge in [-0.3, -0.25) is 24.1 Å². The number of benzene rings is 2. The van der Waals surface area contributed by atoms with Crippen LogP contribution in [0.5, 0.6) is 0 Å². The Kier molecular flexibility index (Phi) is 6.54. The lowest BCUT2D eigenvalue weighted by Gasteiger charge is -2.13. The van der Waals surface area contributed by atoms with Crippen LogP contribution in [0.4, 0.5) is 10.5 Å². The largest absolute Gasteiger partial charge is 0.462 e. The Hall–Kier alpha value is -2.78. The molecule has 0 radical (unpaired) electrons. The molecular formula is C22H13Cl3N2O5S. The highest BCUT2D eigenvalue weighted by atomic mass is 35.5. The summed E-state index contributed by atoms with van der Waals surface area (Å²) in [6.45, 7) is 1.29. The topological polar surface area (TPSA) is 96.7 Å². The third-order valence-electron chi connectivity index (χ3n) is 4.75. The maximum atomic E-state index is 12.8. The molecule has 3 amide bonds. The van der Waals surface area contributed by atoms with Crippen molar-refractivity contribution in [2.45, 2.75) is 6.92 Å².